The number of nitrogens with zero attached hydrogens (tertiary/aromatic N) is 1. The molecule has 7 nitrogen and oxygen atoms in total. The van der Waals surface area contributed by atoms with Crippen molar-refractivity contribution < 1.29 is 27.0 Å². The van der Waals surface area contributed by atoms with E-state index in [1.54, 1.807) is 13.8 Å². The number of phosphoric ester groups is 1. The average Bonchev–Trinajstić information content (AvgIpc) is 2.30. The second kappa shape index (κ2) is 6.87. The molecule has 0 fully saturated rings. The quantitative estimate of drug-likeness (QED) is 0.630. The van der Waals surface area contributed by atoms with E-state index in [2.05, 4.69) is 9.05 Å². The first-order valence-corrected chi connectivity index (χ1v) is 7.71. The first kappa shape index (κ1) is 16.3. The SMILES string of the molecule is CCN(CC)P(=O)(OC)OP(=O)(OC)OC. The molecule has 0 radical (unpaired) electrons. The molecule has 1 unspecified atom stereocenters. The summed E-state index contributed by atoms with van der Waals surface area (Å²) in [4.78, 5) is 0. The molecule has 0 bridgehead atoms. The topological polar surface area (TPSA) is 74.3 Å². The van der Waals surface area contributed by atoms with Gasteiger partial charge in [-0.1, -0.05) is 13.8 Å². The third-order valence-corrected chi connectivity index (χ3v) is 6.20. The summed E-state index contributed by atoms with van der Waals surface area (Å²) in [5, 5.41) is 0. The van der Waals surface area contributed by atoms with Crippen LogP contribution in [0.3, 0.4) is 0 Å². The zero-order chi connectivity index (χ0) is 12.8. The fourth-order valence-corrected chi connectivity index (χ4v) is 4.33. The summed E-state index contributed by atoms with van der Waals surface area (Å²) in [5.74, 6) is 0. The largest absolute Gasteiger partial charge is 0.482 e. The van der Waals surface area contributed by atoms with Crippen LogP contribution >= 0.6 is 15.6 Å². The summed E-state index contributed by atoms with van der Waals surface area (Å²) in [6.07, 6.45) is 0. The van der Waals surface area contributed by atoms with E-state index in [1.165, 1.54) is 11.8 Å². The Bertz CT molecular complexity index is 285. The van der Waals surface area contributed by atoms with Gasteiger partial charge >= 0.3 is 15.6 Å². The number of rotatable bonds is 8. The van der Waals surface area contributed by atoms with Crippen molar-refractivity contribution >= 4 is 15.6 Å². The summed E-state index contributed by atoms with van der Waals surface area (Å²) in [6, 6.07) is 0. The first-order chi connectivity index (χ1) is 7.41. The Hall–Kier alpha value is 0.260. The Morgan fingerprint density at radius 1 is 0.938 bits per heavy atom. The molecule has 0 N–H and O–H groups in total. The van der Waals surface area contributed by atoms with E-state index in [0.29, 0.717) is 13.1 Å². The molecule has 0 aliphatic carbocycles. The highest BCUT2D eigenvalue weighted by molar-refractivity contribution is 7.63. The number of hydrogen-bond acceptors (Lipinski definition) is 6. The lowest BCUT2D eigenvalue weighted by molar-refractivity contribution is 0.176. The van der Waals surface area contributed by atoms with E-state index in [0.717, 1.165) is 14.2 Å². The van der Waals surface area contributed by atoms with Gasteiger partial charge in [0.15, 0.2) is 0 Å². The van der Waals surface area contributed by atoms with Crippen molar-refractivity contribution in [3.8, 4) is 0 Å². The van der Waals surface area contributed by atoms with Crippen LogP contribution in [0, 0.1) is 0 Å². The highest BCUT2D eigenvalue weighted by Crippen LogP contribution is 2.65. The standard InChI is InChI=1S/C7H19NO6P2/c1-6-8(7-2)15(9,11-3)14-16(10,12-4)13-5/h6-7H2,1-5H3. The van der Waals surface area contributed by atoms with Gasteiger partial charge in [0.2, 0.25) is 0 Å². The van der Waals surface area contributed by atoms with E-state index in [4.69, 9.17) is 8.83 Å². The molecule has 9 heteroatoms. The van der Waals surface area contributed by atoms with Crippen LogP contribution in [0.4, 0.5) is 0 Å². The van der Waals surface area contributed by atoms with Gasteiger partial charge in [0.1, 0.15) is 0 Å². The second-order valence-corrected chi connectivity index (χ2v) is 6.83. The monoisotopic (exact) mass is 275 g/mol. The molecule has 0 amide bonds. The maximum atomic E-state index is 12.2. The van der Waals surface area contributed by atoms with Crippen LogP contribution < -0.4 is 0 Å². The molecule has 0 aromatic rings. The van der Waals surface area contributed by atoms with Gasteiger partial charge in [-0.05, 0) is 0 Å². The van der Waals surface area contributed by atoms with Crippen molar-refractivity contribution in [1.82, 2.24) is 4.67 Å². The summed E-state index contributed by atoms with van der Waals surface area (Å²) >= 11 is 0. The molecule has 98 valence electrons. The van der Waals surface area contributed by atoms with Gasteiger partial charge in [0, 0.05) is 34.4 Å². The third kappa shape index (κ3) is 3.93. The predicted octanol–water partition coefficient (Wildman–Crippen LogP) is 2.50. The lowest BCUT2D eigenvalue weighted by Crippen LogP contribution is -2.21. The summed E-state index contributed by atoms with van der Waals surface area (Å²) in [6.45, 7) is 4.41. The maximum absolute atomic E-state index is 12.2. The molecule has 0 heterocycles. The summed E-state index contributed by atoms with van der Waals surface area (Å²) < 4.78 is 44.2. The average molecular weight is 275 g/mol. The van der Waals surface area contributed by atoms with E-state index < -0.39 is 15.6 Å². The zero-order valence-electron chi connectivity index (χ0n) is 10.2. The Labute approximate surface area is 96.2 Å². The minimum absolute atomic E-state index is 0.426. The molecular weight excluding hydrogens is 256 g/mol. The van der Waals surface area contributed by atoms with Gasteiger partial charge < -0.3 is 0 Å². The van der Waals surface area contributed by atoms with Gasteiger partial charge in [0.25, 0.3) is 0 Å². The molecule has 0 saturated heterocycles. The van der Waals surface area contributed by atoms with E-state index >= 15 is 0 Å². The molecular formula is C7H19NO6P2. The van der Waals surface area contributed by atoms with Gasteiger partial charge in [0.05, 0.1) is 0 Å². The smallest absolute Gasteiger partial charge is 0.300 e. The molecule has 0 spiro atoms. The van der Waals surface area contributed by atoms with E-state index in [-0.39, 0.29) is 0 Å². The molecule has 1 atom stereocenters. The Kier molecular flexibility index (Phi) is 6.98. The minimum Gasteiger partial charge on any atom is -0.300 e. The van der Waals surface area contributed by atoms with Crippen LogP contribution in [-0.4, -0.2) is 39.1 Å². The van der Waals surface area contributed by atoms with Crippen molar-refractivity contribution in [3.63, 3.8) is 0 Å². The third-order valence-electron chi connectivity index (χ3n) is 1.96. The molecule has 0 rings (SSSR count). The highest BCUT2D eigenvalue weighted by atomic mass is 31.3. The van der Waals surface area contributed by atoms with Gasteiger partial charge in [-0.2, -0.15) is 4.31 Å². The lowest BCUT2D eigenvalue weighted by Gasteiger charge is -2.28. The Morgan fingerprint density at radius 2 is 1.38 bits per heavy atom. The van der Waals surface area contributed by atoms with E-state index in [9.17, 15) is 9.13 Å². The second-order valence-electron chi connectivity index (χ2n) is 2.68. The Morgan fingerprint density at radius 3 is 1.62 bits per heavy atom. The Balaban J connectivity index is 4.98. The van der Waals surface area contributed by atoms with Crippen LogP contribution in [0.5, 0.6) is 0 Å². The van der Waals surface area contributed by atoms with Crippen LogP contribution in [0.1, 0.15) is 13.8 Å². The van der Waals surface area contributed by atoms with E-state index in [1.807, 2.05) is 0 Å². The van der Waals surface area contributed by atoms with Crippen molar-refractivity contribution in [2.24, 2.45) is 0 Å². The lowest BCUT2D eigenvalue weighted by atomic mass is 10.7. The molecule has 0 saturated carbocycles. The molecule has 0 aliphatic rings. The number of phosphoric acid groups is 1. The van der Waals surface area contributed by atoms with Gasteiger partial charge in [-0.25, -0.2) is 13.8 Å². The van der Waals surface area contributed by atoms with Crippen molar-refractivity contribution in [2.45, 2.75) is 13.8 Å². The van der Waals surface area contributed by atoms with Gasteiger partial charge in [-0.3, -0.25) is 13.6 Å². The highest BCUT2D eigenvalue weighted by Gasteiger charge is 2.40. The van der Waals surface area contributed by atoms with Crippen LogP contribution in [0.15, 0.2) is 0 Å². The minimum atomic E-state index is -3.83. The molecule has 0 aromatic carbocycles. The van der Waals surface area contributed by atoms with Crippen LogP contribution in [-0.2, 0) is 27.0 Å². The fraction of sp³-hybridized carbons (Fsp3) is 1.00. The zero-order valence-corrected chi connectivity index (χ0v) is 12.0. The summed E-state index contributed by atoms with van der Waals surface area (Å²) in [5.41, 5.74) is 0. The van der Waals surface area contributed by atoms with Crippen LogP contribution in [0.25, 0.3) is 0 Å². The molecule has 16 heavy (non-hydrogen) atoms. The molecule has 0 aromatic heterocycles. The fourth-order valence-electron chi connectivity index (χ4n) is 1.04. The number of hydrogen-bond donors (Lipinski definition) is 0. The van der Waals surface area contributed by atoms with Crippen LogP contribution in [0.2, 0.25) is 0 Å². The summed E-state index contributed by atoms with van der Waals surface area (Å²) in [7, 11) is -3.97. The van der Waals surface area contributed by atoms with Crippen molar-refractivity contribution in [2.75, 3.05) is 34.4 Å². The van der Waals surface area contributed by atoms with Gasteiger partial charge in [-0.15, -0.1) is 0 Å². The maximum Gasteiger partial charge on any atom is 0.482 e. The van der Waals surface area contributed by atoms with Crippen molar-refractivity contribution in [1.29, 1.82) is 0 Å². The normalized spacial score (nSPS) is 16.4. The first-order valence-electron chi connectivity index (χ1n) is 4.75. The van der Waals surface area contributed by atoms with Crippen molar-refractivity contribution in [3.05, 3.63) is 0 Å². The predicted molar refractivity (Wildman–Crippen MR) is 60.2 cm³/mol. The molecule has 0 aliphatic heterocycles.